The Morgan fingerprint density at radius 1 is 0.326 bits per heavy atom. The molecule has 0 atom stereocenters. The second-order valence-electron chi connectivity index (χ2n) is 10.9. The molecule has 1 nitrogen and oxygen atoms in total. The highest BCUT2D eigenvalue weighted by molar-refractivity contribution is 7.26. The quantitative estimate of drug-likeness (QED) is 0.199. The lowest BCUT2D eigenvalue weighted by Crippen LogP contribution is -2.10. The van der Waals surface area contributed by atoms with E-state index in [9.17, 15) is 0 Å². The smallest absolute Gasteiger partial charge is 0.0555 e. The van der Waals surface area contributed by atoms with Crippen molar-refractivity contribution in [2.24, 2.45) is 0 Å². The van der Waals surface area contributed by atoms with E-state index in [0.29, 0.717) is 0 Å². The Bertz CT molecular complexity index is 2450. The van der Waals surface area contributed by atoms with Crippen molar-refractivity contribution in [1.29, 1.82) is 0 Å². The fourth-order valence-corrected chi connectivity index (χ4v) is 8.79. The van der Waals surface area contributed by atoms with Crippen LogP contribution >= 0.6 is 22.7 Å². The Balaban J connectivity index is 1.34. The maximum Gasteiger partial charge on any atom is 0.0555 e. The molecule has 2 aromatic heterocycles. The van der Waals surface area contributed by atoms with E-state index in [-0.39, 0.29) is 0 Å². The van der Waals surface area contributed by atoms with E-state index in [1.807, 2.05) is 22.7 Å². The Labute approximate surface area is 257 Å². The van der Waals surface area contributed by atoms with Gasteiger partial charge in [0.05, 0.1) is 11.4 Å². The van der Waals surface area contributed by atoms with Crippen molar-refractivity contribution in [2.75, 3.05) is 4.90 Å². The van der Waals surface area contributed by atoms with Crippen LogP contribution in [0.4, 0.5) is 17.1 Å². The monoisotopic (exact) mass is 583 g/mol. The third kappa shape index (κ3) is 3.90. The maximum atomic E-state index is 2.47. The molecule has 43 heavy (non-hydrogen) atoms. The van der Waals surface area contributed by atoms with Gasteiger partial charge in [0.25, 0.3) is 0 Å². The number of hydrogen-bond donors (Lipinski definition) is 0. The van der Waals surface area contributed by atoms with Crippen molar-refractivity contribution < 1.29 is 0 Å². The van der Waals surface area contributed by atoms with Crippen LogP contribution in [0.25, 0.3) is 62.2 Å². The summed E-state index contributed by atoms with van der Waals surface area (Å²) in [6, 6.07) is 55.4. The number of benzene rings is 7. The molecule has 3 heteroatoms. The number of hydrogen-bond acceptors (Lipinski definition) is 3. The molecule has 9 aromatic rings. The average molecular weight is 584 g/mol. The standard InChI is InChI=1S/C40H25NS2/c1-2-10-26(11-3-1)27-20-22-28(23-21-27)41(34-16-9-19-37-40(34)32-13-5-7-18-36(32)42-37)33-15-8-14-30-29(33)24-25-38-39(30)31-12-4-6-17-35(31)43-38/h1-25H. The van der Waals surface area contributed by atoms with E-state index in [4.69, 9.17) is 0 Å². The number of rotatable bonds is 4. The highest BCUT2D eigenvalue weighted by Crippen LogP contribution is 2.48. The molecule has 0 aliphatic rings. The van der Waals surface area contributed by atoms with Gasteiger partial charge in [-0.25, -0.2) is 0 Å². The molecule has 0 aliphatic carbocycles. The van der Waals surface area contributed by atoms with Crippen LogP contribution in [0.15, 0.2) is 152 Å². The Hall–Kier alpha value is -4.96. The Kier molecular flexibility index (Phi) is 5.62. The molecule has 0 radical (unpaired) electrons. The summed E-state index contributed by atoms with van der Waals surface area (Å²) < 4.78 is 5.28. The molecule has 0 saturated heterocycles. The van der Waals surface area contributed by atoms with E-state index < -0.39 is 0 Å². The first-order valence-electron chi connectivity index (χ1n) is 14.5. The van der Waals surface area contributed by atoms with Crippen molar-refractivity contribution in [1.82, 2.24) is 0 Å². The maximum absolute atomic E-state index is 2.47. The van der Waals surface area contributed by atoms with E-state index in [0.717, 1.165) is 5.69 Å². The summed E-state index contributed by atoms with van der Waals surface area (Å²) in [5.41, 5.74) is 5.97. The Morgan fingerprint density at radius 3 is 1.65 bits per heavy atom. The molecule has 0 fully saturated rings. The van der Waals surface area contributed by atoms with Crippen LogP contribution in [-0.2, 0) is 0 Å². The summed E-state index contributed by atoms with van der Waals surface area (Å²) in [6.45, 7) is 0. The molecule has 9 rings (SSSR count). The topological polar surface area (TPSA) is 3.24 Å². The van der Waals surface area contributed by atoms with Crippen molar-refractivity contribution in [3.05, 3.63) is 152 Å². The third-order valence-electron chi connectivity index (χ3n) is 8.47. The lowest BCUT2D eigenvalue weighted by Gasteiger charge is -2.28. The highest BCUT2D eigenvalue weighted by Gasteiger charge is 2.21. The van der Waals surface area contributed by atoms with Crippen LogP contribution < -0.4 is 4.90 Å². The van der Waals surface area contributed by atoms with Gasteiger partial charge < -0.3 is 4.90 Å². The largest absolute Gasteiger partial charge is 0.309 e. The number of thiophene rings is 2. The van der Waals surface area contributed by atoms with Crippen molar-refractivity contribution in [3.63, 3.8) is 0 Å². The molecule has 0 saturated carbocycles. The Morgan fingerprint density at radius 2 is 0.884 bits per heavy atom. The minimum atomic E-state index is 1.14. The molecule has 0 unspecified atom stereocenters. The minimum absolute atomic E-state index is 1.14. The first-order valence-corrected chi connectivity index (χ1v) is 16.2. The van der Waals surface area contributed by atoms with Crippen LogP contribution in [0, 0.1) is 0 Å². The third-order valence-corrected chi connectivity index (χ3v) is 10.7. The van der Waals surface area contributed by atoms with E-state index in [2.05, 4.69) is 157 Å². The summed E-state index contributed by atoms with van der Waals surface area (Å²) in [4.78, 5) is 2.47. The van der Waals surface area contributed by atoms with Crippen LogP contribution in [-0.4, -0.2) is 0 Å². The van der Waals surface area contributed by atoms with Gasteiger partial charge in [-0.05, 0) is 65.0 Å². The molecule has 0 spiro atoms. The lowest BCUT2D eigenvalue weighted by molar-refractivity contribution is 1.32. The molecule has 7 aromatic carbocycles. The molecule has 0 N–H and O–H groups in total. The summed E-state index contributed by atoms with van der Waals surface area (Å²) >= 11 is 3.74. The average Bonchev–Trinajstić information content (AvgIpc) is 3.65. The summed E-state index contributed by atoms with van der Waals surface area (Å²) in [7, 11) is 0. The zero-order chi connectivity index (χ0) is 28.3. The summed E-state index contributed by atoms with van der Waals surface area (Å²) in [6.07, 6.45) is 0. The fraction of sp³-hybridized carbons (Fsp3) is 0. The first kappa shape index (κ1) is 24.6. The van der Waals surface area contributed by atoms with Gasteiger partial charge in [0.1, 0.15) is 0 Å². The van der Waals surface area contributed by atoms with Gasteiger partial charge in [-0.3, -0.25) is 0 Å². The predicted octanol–water partition coefficient (Wildman–Crippen LogP) is 12.7. The van der Waals surface area contributed by atoms with Gasteiger partial charge in [-0.2, -0.15) is 0 Å². The van der Waals surface area contributed by atoms with Crippen molar-refractivity contribution >= 4 is 90.9 Å². The molecular weight excluding hydrogens is 559 g/mol. The molecular formula is C40H25NS2. The number of fused-ring (bicyclic) bond motifs is 8. The molecule has 0 bridgehead atoms. The van der Waals surface area contributed by atoms with Crippen molar-refractivity contribution in [3.8, 4) is 11.1 Å². The predicted molar refractivity (Wildman–Crippen MR) is 190 cm³/mol. The molecule has 2 heterocycles. The zero-order valence-corrected chi connectivity index (χ0v) is 24.8. The lowest BCUT2D eigenvalue weighted by atomic mass is 10.00. The van der Waals surface area contributed by atoms with E-state index in [1.54, 1.807) is 0 Å². The zero-order valence-electron chi connectivity index (χ0n) is 23.2. The van der Waals surface area contributed by atoms with Crippen LogP contribution in [0.1, 0.15) is 0 Å². The normalized spacial score (nSPS) is 11.7. The van der Waals surface area contributed by atoms with Gasteiger partial charge in [0, 0.05) is 51.4 Å². The highest BCUT2D eigenvalue weighted by atomic mass is 32.1. The summed E-state index contributed by atoms with van der Waals surface area (Å²) in [5, 5.41) is 7.82. The van der Waals surface area contributed by atoms with Crippen molar-refractivity contribution in [2.45, 2.75) is 0 Å². The van der Waals surface area contributed by atoms with Gasteiger partial charge in [-0.15, -0.1) is 22.7 Å². The van der Waals surface area contributed by atoms with Gasteiger partial charge in [0.2, 0.25) is 0 Å². The van der Waals surface area contributed by atoms with Crippen LogP contribution in [0.5, 0.6) is 0 Å². The SMILES string of the molecule is c1ccc(-c2ccc(N(c3cccc4c3ccc3sc5ccccc5c34)c3cccc4sc5ccccc5c34)cc2)cc1. The van der Waals surface area contributed by atoms with E-state index in [1.165, 1.54) is 73.6 Å². The van der Waals surface area contributed by atoms with Gasteiger partial charge >= 0.3 is 0 Å². The van der Waals surface area contributed by atoms with Crippen LogP contribution in [0.2, 0.25) is 0 Å². The molecule has 0 amide bonds. The summed E-state index contributed by atoms with van der Waals surface area (Å²) in [5.74, 6) is 0. The molecule has 202 valence electrons. The fourth-order valence-electron chi connectivity index (χ4n) is 6.54. The first-order chi connectivity index (χ1) is 21.3. The van der Waals surface area contributed by atoms with Gasteiger partial charge in [-0.1, -0.05) is 103 Å². The van der Waals surface area contributed by atoms with Crippen LogP contribution in [0.3, 0.4) is 0 Å². The molecule has 0 aliphatic heterocycles. The number of anilines is 3. The minimum Gasteiger partial charge on any atom is -0.309 e. The second-order valence-corrected chi connectivity index (χ2v) is 13.1. The van der Waals surface area contributed by atoms with Gasteiger partial charge in [0.15, 0.2) is 0 Å². The second kappa shape index (κ2) is 9.81. The van der Waals surface area contributed by atoms with E-state index >= 15 is 0 Å². The number of nitrogens with zero attached hydrogens (tertiary/aromatic N) is 1.